The van der Waals surface area contributed by atoms with Crippen LogP contribution >= 0.6 is 0 Å². The molecule has 0 unspecified atom stereocenters. The zero-order valence-corrected chi connectivity index (χ0v) is 28.1. The molecule has 0 saturated heterocycles. The fourth-order valence-corrected chi connectivity index (χ4v) is 7.85. The Morgan fingerprint density at radius 2 is 1.04 bits per heavy atom. The van der Waals surface area contributed by atoms with Crippen LogP contribution in [-0.4, -0.2) is 14.1 Å². The maximum absolute atomic E-state index is 10.0. The molecule has 4 nitrogen and oxygen atoms in total. The molecule has 4 heteroatoms. The van der Waals surface area contributed by atoms with Gasteiger partial charge in [0.05, 0.1) is 50.8 Å². The number of rotatable bonds is 5. The van der Waals surface area contributed by atoms with Gasteiger partial charge in [-0.15, -0.1) is 0 Å². The van der Waals surface area contributed by atoms with Crippen molar-refractivity contribution in [2.45, 2.75) is 0 Å². The lowest BCUT2D eigenvalue weighted by Gasteiger charge is -2.16. The minimum Gasteiger partial charge on any atom is -0.309 e. The van der Waals surface area contributed by atoms with E-state index >= 15 is 0 Å². The highest BCUT2D eigenvalue weighted by Crippen LogP contribution is 2.44. The number of pyridine rings is 1. The Bertz CT molecular complexity index is 2940. The molecule has 0 atom stereocenters. The van der Waals surface area contributed by atoms with Crippen molar-refractivity contribution in [2.75, 3.05) is 0 Å². The monoisotopic (exact) mass is 662 g/mol. The first-order valence-electron chi connectivity index (χ1n) is 17.5. The van der Waals surface area contributed by atoms with Gasteiger partial charge in [0, 0.05) is 43.9 Å². The summed E-state index contributed by atoms with van der Waals surface area (Å²) in [5, 5.41) is 14.5. The number of benzene rings is 7. The first-order chi connectivity index (χ1) is 25.8. The third-order valence-electron chi connectivity index (χ3n) is 10.1. The van der Waals surface area contributed by atoms with Crippen molar-refractivity contribution >= 4 is 43.6 Å². The molecule has 7 aromatic carbocycles. The predicted molar refractivity (Wildman–Crippen MR) is 214 cm³/mol. The van der Waals surface area contributed by atoms with Gasteiger partial charge in [-0.05, 0) is 66.2 Å². The summed E-state index contributed by atoms with van der Waals surface area (Å²) in [6, 6.07) is 66.0. The van der Waals surface area contributed by atoms with E-state index in [-0.39, 0.29) is 0 Å². The summed E-state index contributed by atoms with van der Waals surface area (Å²) >= 11 is 0. The van der Waals surface area contributed by atoms with Gasteiger partial charge >= 0.3 is 0 Å². The van der Waals surface area contributed by atoms with Gasteiger partial charge in [0.1, 0.15) is 0 Å². The molecular weight excluding hydrogens is 633 g/mol. The van der Waals surface area contributed by atoms with Crippen molar-refractivity contribution in [3.05, 3.63) is 188 Å². The van der Waals surface area contributed by atoms with E-state index in [4.69, 9.17) is 4.98 Å². The first kappa shape index (κ1) is 29.7. The van der Waals surface area contributed by atoms with Crippen LogP contribution in [-0.2, 0) is 0 Å². The van der Waals surface area contributed by atoms with Crippen molar-refractivity contribution in [3.63, 3.8) is 0 Å². The van der Waals surface area contributed by atoms with Gasteiger partial charge in [0.2, 0.25) is 0 Å². The Balaban J connectivity index is 1.33. The lowest BCUT2D eigenvalue weighted by Crippen LogP contribution is -1.99. The highest BCUT2D eigenvalue weighted by Gasteiger charge is 2.23. The lowest BCUT2D eigenvalue weighted by molar-refractivity contribution is 1.17. The molecule has 10 aromatic rings. The fraction of sp³-hybridized carbons (Fsp3) is 0. The molecule has 3 aromatic heterocycles. The third kappa shape index (κ3) is 4.65. The number of fused-ring (bicyclic) bond motifs is 7. The Kier molecular flexibility index (Phi) is 6.84. The van der Waals surface area contributed by atoms with E-state index in [0.717, 1.165) is 77.9 Å². The summed E-state index contributed by atoms with van der Waals surface area (Å²) in [6.45, 7) is 0. The van der Waals surface area contributed by atoms with Crippen LogP contribution < -0.4 is 0 Å². The summed E-state index contributed by atoms with van der Waals surface area (Å²) in [4.78, 5) is 5.18. The number of para-hydroxylation sites is 3. The Morgan fingerprint density at radius 3 is 1.75 bits per heavy atom. The van der Waals surface area contributed by atoms with E-state index in [1.54, 1.807) is 0 Å². The molecule has 0 fully saturated rings. The van der Waals surface area contributed by atoms with Crippen LogP contribution in [0.1, 0.15) is 5.56 Å². The van der Waals surface area contributed by atoms with E-state index in [1.807, 2.05) is 24.3 Å². The van der Waals surface area contributed by atoms with Crippen LogP contribution in [0.2, 0.25) is 0 Å². The molecule has 0 aliphatic rings. The van der Waals surface area contributed by atoms with Gasteiger partial charge < -0.3 is 9.13 Å². The zero-order valence-electron chi connectivity index (χ0n) is 28.1. The molecule has 0 saturated carbocycles. The SMILES string of the molecule is N#Cc1ccc2c(c1)c1ccc3c(c4ccccc4n3-c3ccccc3)c1n2-c1ccccc1-c1cc(-c2ccccc2)nc(-c2ccccc2)c1. The molecule has 0 spiro atoms. The molecule has 10 rings (SSSR count). The molecular formula is C48H30N4. The van der Waals surface area contributed by atoms with Crippen molar-refractivity contribution in [2.24, 2.45) is 0 Å². The molecule has 0 N–H and O–H groups in total. The smallest absolute Gasteiger partial charge is 0.0991 e. The normalized spacial score (nSPS) is 11.4. The van der Waals surface area contributed by atoms with Gasteiger partial charge in [-0.2, -0.15) is 5.26 Å². The molecule has 0 aliphatic carbocycles. The average molecular weight is 663 g/mol. The lowest BCUT2D eigenvalue weighted by atomic mass is 9.98. The summed E-state index contributed by atoms with van der Waals surface area (Å²) in [5.41, 5.74) is 13.4. The molecule has 0 radical (unpaired) electrons. The van der Waals surface area contributed by atoms with Crippen LogP contribution in [0.5, 0.6) is 0 Å². The highest BCUT2D eigenvalue weighted by atomic mass is 15.0. The van der Waals surface area contributed by atoms with E-state index < -0.39 is 0 Å². The molecule has 52 heavy (non-hydrogen) atoms. The van der Waals surface area contributed by atoms with Gasteiger partial charge in [-0.3, -0.25) is 0 Å². The fourth-order valence-electron chi connectivity index (χ4n) is 7.85. The van der Waals surface area contributed by atoms with Crippen molar-refractivity contribution in [3.8, 4) is 51.1 Å². The number of nitriles is 1. The van der Waals surface area contributed by atoms with Crippen molar-refractivity contribution < 1.29 is 0 Å². The first-order valence-corrected chi connectivity index (χ1v) is 17.5. The number of aromatic nitrogens is 3. The quantitative estimate of drug-likeness (QED) is 0.184. The van der Waals surface area contributed by atoms with Gasteiger partial charge in [0.25, 0.3) is 0 Å². The molecule has 0 aliphatic heterocycles. The Morgan fingerprint density at radius 1 is 0.442 bits per heavy atom. The van der Waals surface area contributed by atoms with E-state index in [1.165, 1.54) is 10.8 Å². The van der Waals surface area contributed by atoms with Crippen molar-refractivity contribution in [1.29, 1.82) is 5.26 Å². The van der Waals surface area contributed by atoms with Crippen LogP contribution in [0.15, 0.2) is 182 Å². The topological polar surface area (TPSA) is 46.5 Å². The standard InChI is InChI=1S/C48H30N4/c49-31-32-24-26-45-40(28-32)38-25-27-46-47(39-21-11-13-23-44(39)51(46)36-18-8-3-9-19-36)48(38)52(45)43-22-12-10-20-37(43)35-29-41(33-14-4-1-5-15-33)50-42(30-35)34-16-6-2-7-17-34/h1-30H. The van der Waals surface area contributed by atoms with Gasteiger partial charge in [-0.1, -0.05) is 121 Å². The van der Waals surface area contributed by atoms with Gasteiger partial charge in [-0.25, -0.2) is 4.98 Å². The predicted octanol–water partition coefficient (Wildman–Crippen LogP) is 12.1. The van der Waals surface area contributed by atoms with E-state index in [0.29, 0.717) is 5.56 Å². The number of nitrogens with zero attached hydrogens (tertiary/aromatic N) is 4. The molecule has 0 bridgehead atoms. The highest BCUT2D eigenvalue weighted by molar-refractivity contribution is 6.26. The van der Waals surface area contributed by atoms with Crippen LogP contribution in [0.3, 0.4) is 0 Å². The Labute approximate surface area is 300 Å². The zero-order chi connectivity index (χ0) is 34.6. The summed E-state index contributed by atoms with van der Waals surface area (Å²) in [7, 11) is 0. The maximum atomic E-state index is 10.0. The van der Waals surface area contributed by atoms with Crippen LogP contribution in [0.4, 0.5) is 0 Å². The van der Waals surface area contributed by atoms with E-state index in [2.05, 4.69) is 173 Å². The maximum Gasteiger partial charge on any atom is 0.0991 e. The summed E-state index contributed by atoms with van der Waals surface area (Å²) < 4.78 is 4.77. The third-order valence-corrected chi connectivity index (χ3v) is 10.1. The largest absolute Gasteiger partial charge is 0.309 e. The van der Waals surface area contributed by atoms with Crippen LogP contribution in [0, 0.1) is 11.3 Å². The van der Waals surface area contributed by atoms with E-state index in [9.17, 15) is 5.26 Å². The van der Waals surface area contributed by atoms with Gasteiger partial charge in [0.15, 0.2) is 0 Å². The average Bonchev–Trinajstić information content (AvgIpc) is 3.74. The van der Waals surface area contributed by atoms with Crippen LogP contribution in [0.25, 0.3) is 88.6 Å². The second-order valence-electron chi connectivity index (χ2n) is 13.1. The number of hydrogen-bond donors (Lipinski definition) is 0. The summed E-state index contributed by atoms with van der Waals surface area (Å²) in [6.07, 6.45) is 0. The minimum atomic E-state index is 0.640. The summed E-state index contributed by atoms with van der Waals surface area (Å²) in [5.74, 6) is 0. The second kappa shape index (κ2) is 12.0. The Hall–Kier alpha value is -7.22. The van der Waals surface area contributed by atoms with Crippen molar-refractivity contribution in [1.82, 2.24) is 14.1 Å². The molecule has 3 heterocycles. The number of hydrogen-bond acceptors (Lipinski definition) is 2. The molecule has 0 amide bonds. The minimum absolute atomic E-state index is 0.640. The molecule has 242 valence electrons. The second-order valence-corrected chi connectivity index (χ2v) is 13.1.